The first-order valence-corrected chi connectivity index (χ1v) is 14.5. The molecule has 1 saturated heterocycles. The van der Waals surface area contributed by atoms with E-state index >= 15 is 0 Å². The Hall–Kier alpha value is -4.01. The van der Waals surface area contributed by atoms with Gasteiger partial charge < -0.3 is 51.5 Å². The minimum Gasteiger partial charge on any atom is -0.460 e. The van der Waals surface area contributed by atoms with Gasteiger partial charge in [-0.2, -0.15) is 4.98 Å². The molecule has 2 aromatic heterocycles. The van der Waals surface area contributed by atoms with E-state index in [2.05, 4.69) is 15.0 Å². The lowest BCUT2D eigenvalue weighted by Crippen LogP contribution is -2.52. The van der Waals surface area contributed by atoms with E-state index in [9.17, 15) is 39.3 Å². The lowest BCUT2D eigenvalue weighted by molar-refractivity contribution is -0.176. The second-order valence-corrected chi connectivity index (χ2v) is 11.5. The van der Waals surface area contributed by atoms with Crippen LogP contribution in [-0.2, 0) is 43.9 Å². The van der Waals surface area contributed by atoms with E-state index in [1.165, 1.54) is 0 Å². The molecule has 1 aliphatic heterocycles. The molecular weight excluding hydrogens is 614 g/mol. The number of ketones is 1. The molecule has 3 rings (SSSR count). The first-order valence-electron chi connectivity index (χ1n) is 14.5. The van der Waals surface area contributed by atoms with Crippen LogP contribution >= 0.6 is 0 Å². The summed E-state index contributed by atoms with van der Waals surface area (Å²) in [4.78, 5) is 73.7. The number of carbonyl (C=O) groups excluding carboxylic acids is 4. The van der Waals surface area contributed by atoms with E-state index in [1.807, 2.05) is 0 Å². The number of aliphatic hydroxyl groups is 3. The third kappa shape index (κ3) is 7.68. The number of nitrogens with one attached hydrogen (secondary N) is 1. The van der Waals surface area contributed by atoms with Crippen molar-refractivity contribution >= 4 is 40.8 Å². The molecule has 0 spiro atoms. The number of carbonyl (C=O) groups is 4. The zero-order valence-corrected chi connectivity index (χ0v) is 25.8. The van der Waals surface area contributed by atoms with Crippen molar-refractivity contribution in [1.82, 2.24) is 19.5 Å². The molecule has 0 bridgehead atoms. The maximum atomic E-state index is 13.7. The van der Waals surface area contributed by atoms with E-state index in [0.29, 0.717) is 0 Å². The summed E-state index contributed by atoms with van der Waals surface area (Å²) in [6, 6.07) is -1.95. The summed E-state index contributed by atoms with van der Waals surface area (Å²) in [5.41, 5.74) is 13.4. The van der Waals surface area contributed by atoms with Crippen molar-refractivity contribution in [1.29, 1.82) is 0 Å². The van der Waals surface area contributed by atoms with Gasteiger partial charge in [-0.15, -0.1) is 0 Å². The zero-order chi connectivity index (χ0) is 34.5. The van der Waals surface area contributed by atoms with Crippen LogP contribution < -0.4 is 22.8 Å². The highest BCUT2D eigenvalue weighted by atomic mass is 16.6. The van der Waals surface area contributed by atoms with Crippen molar-refractivity contribution in [2.75, 3.05) is 25.6 Å². The van der Waals surface area contributed by atoms with E-state index in [4.69, 9.17) is 36.1 Å². The lowest BCUT2D eigenvalue weighted by atomic mass is 9.95. The van der Waals surface area contributed by atoms with Gasteiger partial charge in [-0.05, 0) is 11.8 Å². The highest BCUT2D eigenvalue weighted by molar-refractivity contribution is 5.90. The van der Waals surface area contributed by atoms with Crippen LogP contribution in [0.4, 0.5) is 5.95 Å². The number of nitrogen functional groups attached to an aromatic ring is 1. The number of esters is 3. The van der Waals surface area contributed by atoms with Crippen LogP contribution in [0.15, 0.2) is 11.1 Å². The Labute approximate surface area is 262 Å². The highest BCUT2D eigenvalue weighted by Gasteiger charge is 2.60. The van der Waals surface area contributed by atoms with Gasteiger partial charge in [0.1, 0.15) is 49.9 Å². The predicted octanol–water partition coefficient (Wildman–Crippen LogP) is -3.22. The lowest BCUT2D eigenvalue weighted by Gasteiger charge is -2.32. The minimum atomic E-state index is -2.50. The number of imidazole rings is 1. The molecule has 2 aromatic rings. The smallest absolute Gasteiger partial charge is 0.323 e. The molecule has 19 nitrogen and oxygen atoms in total. The van der Waals surface area contributed by atoms with Crippen molar-refractivity contribution in [2.24, 2.45) is 23.3 Å². The fourth-order valence-corrected chi connectivity index (χ4v) is 4.53. The van der Waals surface area contributed by atoms with Crippen molar-refractivity contribution in [2.45, 2.75) is 82.8 Å². The van der Waals surface area contributed by atoms with E-state index in [-0.39, 0.29) is 28.9 Å². The molecule has 0 radical (unpaired) electrons. The van der Waals surface area contributed by atoms with Gasteiger partial charge in [-0.25, -0.2) is 4.98 Å². The van der Waals surface area contributed by atoms with Crippen LogP contribution in [0.1, 0.15) is 40.5 Å². The van der Waals surface area contributed by atoms with Crippen molar-refractivity contribution < 1.29 is 53.4 Å². The van der Waals surface area contributed by atoms with Crippen LogP contribution in [0.25, 0.3) is 11.2 Å². The SMILES string of the molecule is CC(C)[C@H](N)C(=O)OCC(COC(=O)[C@@H](N)C(C)C)OC(=O)CCC(=O)[C@@]1(n2cnc3c(=O)[nH]c(N)nc32)O[C@H](CO)[C@@H](O)[C@H]1O. The number of hydrogen-bond acceptors (Lipinski definition) is 17. The van der Waals surface area contributed by atoms with Gasteiger partial charge >= 0.3 is 17.9 Å². The molecule has 46 heavy (non-hydrogen) atoms. The number of anilines is 1. The van der Waals surface area contributed by atoms with E-state index < -0.39 is 104 Å². The van der Waals surface area contributed by atoms with Crippen molar-refractivity contribution in [3.05, 3.63) is 16.7 Å². The Bertz CT molecular complexity index is 1450. The van der Waals surface area contributed by atoms with Crippen LogP contribution in [0.2, 0.25) is 0 Å². The monoisotopic (exact) mass is 655 g/mol. The zero-order valence-electron chi connectivity index (χ0n) is 25.8. The van der Waals surface area contributed by atoms with E-state index in [0.717, 1.165) is 10.9 Å². The number of nitrogens with zero attached hydrogens (tertiary/aromatic N) is 3. The van der Waals surface area contributed by atoms with Crippen LogP contribution in [0.5, 0.6) is 0 Å². The molecule has 6 atom stereocenters. The van der Waals surface area contributed by atoms with E-state index in [1.54, 1.807) is 27.7 Å². The minimum absolute atomic E-state index is 0.261. The van der Waals surface area contributed by atoms with Crippen molar-refractivity contribution in [3.63, 3.8) is 0 Å². The Kier molecular flexibility index (Phi) is 11.9. The first kappa shape index (κ1) is 36.5. The molecule has 19 heteroatoms. The van der Waals surface area contributed by atoms with Gasteiger partial charge in [0, 0.05) is 6.42 Å². The Morgan fingerprint density at radius 3 is 2.11 bits per heavy atom. The highest BCUT2D eigenvalue weighted by Crippen LogP contribution is 2.39. The maximum Gasteiger partial charge on any atom is 0.323 e. The average Bonchev–Trinajstić information content (AvgIpc) is 3.54. The Morgan fingerprint density at radius 1 is 1.04 bits per heavy atom. The third-order valence-corrected chi connectivity index (χ3v) is 7.46. The standard InChI is InChI=1S/C27H41N7O12/c1-11(2)17(28)24(41)43-8-13(9-44-25(42)18(29)12(3)4)45-16(37)6-5-15(36)27(21(39)20(38)14(7-35)46-27)34-10-31-19-22(34)32-26(30)33-23(19)40/h10-14,17-18,20-21,35,38-39H,5-9,28-29H2,1-4H3,(H3,30,32,33,40)/t14-,17+,18+,20-,21-,27-/m1/s1. The third-order valence-electron chi connectivity index (χ3n) is 7.46. The summed E-state index contributed by atoms with van der Waals surface area (Å²) in [6.45, 7) is 4.91. The van der Waals surface area contributed by atoms with Gasteiger partial charge in [0.25, 0.3) is 5.56 Å². The molecular formula is C27H41N7O12. The van der Waals surface area contributed by atoms with Gasteiger partial charge in [0.15, 0.2) is 23.1 Å². The van der Waals surface area contributed by atoms with Crippen molar-refractivity contribution in [3.8, 4) is 0 Å². The summed E-state index contributed by atoms with van der Waals surface area (Å²) >= 11 is 0. The molecule has 1 fully saturated rings. The topological polar surface area (TPSA) is 308 Å². The summed E-state index contributed by atoms with van der Waals surface area (Å²) in [5, 5.41) is 31.3. The number of H-pyrrole nitrogens is 1. The largest absolute Gasteiger partial charge is 0.460 e. The number of nitrogens with two attached hydrogens (primary N) is 3. The fourth-order valence-electron chi connectivity index (χ4n) is 4.53. The van der Waals surface area contributed by atoms with Crippen LogP contribution in [0, 0.1) is 11.8 Å². The predicted molar refractivity (Wildman–Crippen MR) is 156 cm³/mol. The quantitative estimate of drug-likeness (QED) is 0.0733. The first-order chi connectivity index (χ1) is 21.5. The van der Waals surface area contributed by atoms with Gasteiger partial charge in [-0.1, -0.05) is 27.7 Å². The molecule has 256 valence electrons. The molecule has 0 saturated carbocycles. The van der Waals surface area contributed by atoms with Gasteiger partial charge in [-0.3, -0.25) is 33.5 Å². The number of aromatic nitrogens is 4. The number of hydrogen-bond donors (Lipinski definition) is 7. The van der Waals surface area contributed by atoms with Gasteiger partial charge in [0.2, 0.25) is 11.7 Å². The molecule has 0 aliphatic carbocycles. The number of ether oxygens (including phenoxy) is 4. The summed E-state index contributed by atoms with van der Waals surface area (Å²) < 4.78 is 22.2. The molecule has 0 amide bonds. The second kappa shape index (κ2) is 15.1. The molecule has 0 unspecified atom stereocenters. The maximum absolute atomic E-state index is 13.7. The molecule has 1 aliphatic rings. The number of rotatable bonds is 15. The molecule has 0 aromatic carbocycles. The van der Waals surface area contributed by atoms with Crippen LogP contribution in [0.3, 0.4) is 0 Å². The molecule has 3 heterocycles. The second-order valence-electron chi connectivity index (χ2n) is 11.5. The fraction of sp³-hybridized carbons (Fsp3) is 0.667. The average molecular weight is 656 g/mol. The Morgan fingerprint density at radius 2 is 1.61 bits per heavy atom. The summed E-state index contributed by atoms with van der Waals surface area (Å²) in [5.74, 6) is -4.46. The van der Waals surface area contributed by atoms with Crippen LogP contribution in [-0.4, -0.2) is 115 Å². The number of Topliss-reactive ketones (excluding diaryl/α,β-unsaturated/α-hetero) is 1. The Balaban J connectivity index is 1.81. The normalized spacial score (nSPS) is 22.7. The number of aromatic amines is 1. The number of fused-ring (bicyclic) bond motifs is 1. The molecule has 10 N–H and O–H groups in total. The number of aliphatic hydroxyl groups excluding tert-OH is 3. The summed E-state index contributed by atoms with van der Waals surface area (Å²) in [6.07, 6.45) is -6.92. The van der Waals surface area contributed by atoms with Gasteiger partial charge in [0.05, 0.1) is 13.0 Å². The summed E-state index contributed by atoms with van der Waals surface area (Å²) in [7, 11) is 0.